The molecule has 0 radical (unpaired) electrons. The summed E-state index contributed by atoms with van der Waals surface area (Å²) < 4.78 is 29.0. The molecule has 0 bridgehead atoms. The summed E-state index contributed by atoms with van der Waals surface area (Å²) in [6.45, 7) is 0.0143. The molecule has 2 N–H and O–H groups in total. The molecule has 0 aliphatic heterocycles. The number of hydrogen-bond acceptors (Lipinski definition) is 3. The maximum Gasteiger partial charge on any atom is 0.404 e. The minimum atomic E-state index is -1.21. The number of hydrogen-bond donors (Lipinski definition) is 2. The third-order valence-electron chi connectivity index (χ3n) is 3.65. The van der Waals surface area contributed by atoms with E-state index in [1.165, 1.54) is 28.8 Å². The van der Waals surface area contributed by atoms with Crippen LogP contribution in [0.4, 0.5) is 13.6 Å². The summed E-state index contributed by atoms with van der Waals surface area (Å²) in [4.78, 5) is 28.0. The van der Waals surface area contributed by atoms with Crippen molar-refractivity contribution in [2.24, 2.45) is 0 Å². The number of carboxylic acid groups (broad SMARTS) is 1. The van der Waals surface area contributed by atoms with Crippen LogP contribution in [0.15, 0.2) is 41.2 Å². The first-order valence-electron chi connectivity index (χ1n) is 7.50. The molecular weight excluding hydrogens is 459 g/mol. The van der Waals surface area contributed by atoms with Crippen LogP contribution in [-0.2, 0) is 6.42 Å². The highest BCUT2D eigenvalue weighted by Gasteiger charge is 2.16. The first-order valence-corrected chi connectivity index (χ1v) is 8.58. The Labute approximate surface area is 159 Å². The molecule has 0 fully saturated rings. The fourth-order valence-corrected chi connectivity index (χ4v) is 3.30. The maximum absolute atomic E-state index is 13.8. The van der Waals surface area contributed by atoms with Crippen LogP contribution >= 0.6 is 22.6 Å². The monoisotopic (exact) mass is 471 g/mol. The second-order valence-electron chi connectivity index (χ2n) is 5.41. The molecule has 0 saturated carbocycles. The lowest BCUT2D eigenvalue weighted by molar-refractivity contribution is 0.194. The molecule has 0 atom stereocenters. The summed E-state index contributed by atoms with van der Waals surface area (Å²) in [6, 6.07) is 7.69. The molecular formula is C17H12F2IN3O3. The highest BCUT2D eigenvalue weighted by molar-refractivity contribution is 14.1. The Balaban J connectivity index is 2.26. The third-order valence-corrected chi connectivity index (χ3v) is 4.47. The van der Waals surface area contributed by atoms with Crippen LogP contribution in [0.2, 0.25) is 0 Å². The molecule has 1 aromatic heterocycles. The fourth-order valence-electron chi connectivity index (χ4n) is 2.59. The number of halogens is 3. The van der Waals surface area contributed by atoms with E-state index in [0.717, 1.165) is 12.1 Å². The van der Waals surface area contributed by atoms with Gasteiger partial charge in [0, 0.05) is 16.5 Å². The summed E-state index contributed by atoms with van der Waals surface area (Å²) in [7, 11) is 0. The zero-order valence-electron chi connectivity index (χ0n) is 13.2. The Morgan fingerprint density at radius 2 is 2.00 bits per heavy atom. The Hall–Kier alpha value is -2.56. The van der Waals surface area contributed by atoms with Crippen molar-refractivity contribution in [1.29, 1.82) is 0 Å². The molecule has 3 aromatic rings. The minimum absolute atomic E-state index is 0.0143. The van der Waals surface area contributed by atoms with Crippen molar-refractivity contribution >= 4 is 39.6 Å². The molecule has 0 unspecified atom stereocenters. The van der Waals surface area contributed by atoms with Gasteiger partial charge in [0.25, 0.3) is 5.56 Å². The van der Waals surface area contributed by atoms with Crippen molar-refractivity contribution in [2.45, 2.75) is 6.42 Å². The molecule has 2 aromatic carbocycles. The van der Waals surface area contributed by atoms with Gasteiger partial charge in [0.2, 0.25) is 0 Å². The highest BCUT2D eigenvalue weighted by atomic mass is 127. The van der Waals surface area contributed by atoms with Crippen LogP contribution in [0.25, 0.3) is 16.6 Å². The van der Waals surface area contributed by atoms with E-state index in [-0.39, 0.29) is 29.9 Å². The number of carbonyl (C=O) groups is 1. The molecule has 1 amide bonds. The highest BCUT2D eigenvalue weighted by Crippen LogP contribution is 2.20. The Morgan fingerprint density at radius 1 is 1.23 bits per heavy atom. The van der Waals surface area contributed by atoms with Crippen molar-refractivity contribution < 1.29 is 18.7 Å². The van der Waals surface area contributed by atoms with Crippen LogP contribution < -0.4 is 10.9 Å². The molecule has 26 heavy (non-hydrogen) atoms. The lowest BCUT2D eigenvalue weighted by Crippen LogP contribution is -2.29. The van der Waals surface area contributed by atoms with E-state index in [2.05, 4.69) is 10.3 Å². The molecule has 0 spiro atoms. The standard InChI is InChI=1S/C17H12F2IN3O3/c18-9-2-1-3-11(6-9)23-14(4-5-21-17(25)26)22-15-12(16(23)24)7-10(19)8-13(15)20/h1-3,6-8,21H,4-5H2,(H,25,26). The van der Waals surface area contributed by atoms with E-state index in [1.807, 2.05) is 22.6 Å². The third kappa shape index (κ3) is 3.66. The Kier molecular flexibility index (Phi) is 5.16. The number of nitrogens with zero attached hydrogens (tertiary/aromatic N) is 2. The van der Waals surface area contributed by atoms with Crippen LogP contribution in [0.3, 0.4) is 0 Å². The van der Waals surface area contributed by atoms with E-state index in [1.54, 1.807) is 0 Å². The summed E-state index contributed by atoms with van der Waals surface area (Å²) in [5.74, 6) is -0.879. The van der Waals surface area contributed by atoms with Gasteiger partial charge in [0.15, 0.2) is 0 Å². The van der Waals surface area contributed by atoms with Gasteiger partial charge in [-0.05, 0) is 52.9 Å². The smallest absolute Gasteiger partial charge is 0.404 e. The van der Waals surface area contributed by atoms with Crippen molar-refractivity contribution in [3.63, 3.8) is 0 Å². The van der Waals surface area contributed by atoms with Crippen LogP contribution in [-0.4, -0.2) is 27.3 Å². The predicted molar refractivity (Wildman–Crippen MR) is 99.7 cm³/mol. The van der Waals surface area contributed by atoms with Crippen LogP contribution in [0, 0.1) is 15.2 Å². The molecule has 3 rings (SSSR count). The number of fused-ring (bicyclic) bond motifs is 1. The zero-order chi connectivity index (χ0) is 18.8. The fraction of sp³-hybridized carbons (Fsp3) is 0.118. The number of benzene rings is 2. The van der Waals surface area contributed by atoms with Crippen molar-refractivity contribution in [3.05, 3.63) is 67.8 Å². The van der Waals surface area contributed by atoms with Gasteiger partial charge >= 0.3 is 6.09 Å². The van der Waals surface area contributed by atoms with Gasteiger partial charge in [-0.1, -0.05) is 6.07 Å². The SMILES string of the molecule is O=C(O)NCCc1nc2c(I)cc(F)cc2c(=O)n1-c1cccc(F)c1. The summed E-state index contributed by atoms with van der Waals surface area (Å²) >= 11 is 1.88. The Morgan fingerprint density at radius 3 is 2.69 bits per heavy atom. The molecule has 1 heterocycles. The van der Waals surface area contributed by atoms with E-state index in [4.69, 9.17) is 5.11 Å². The topological polar surface area (TPSA) is 84.2 Å². The average molecular weight is 471 g/mol. The maximum atomic E-state index is 13.8. The van der Waals surface area contributed by atoms with E-state index in [9.17, 15) is 18.4 Å². The van der Waals surface area contributed by atoms with Gasteiger partial charge in [-0.15, -0.1) is 0 Å². The predicted octanol–water partition coefficient (Wildman–Crippen LogP) is 3.08. The number of amides is 1. The molecule has 0 aliphatic rings. The largest absolute Gasteiger partial charge is 0.465 e. The minimum Gasteiger partial charge on any atom is -0.465 e. The van der Waals surface area contributed by atoms with Crippen molar-refractivity contribution in [2.75, 3.05) is 6.54 Å². The van der Waals surface area contributed by atoms with Gasteiger partial charge in [0.05, 0.1) is 16.6 Å². The van der Waals surface area contributed by atoms with E-state index >= 15 is 0 Å². The zero-order valence-corrected chi connectivity index (χ0v) is 15.3. The van der Waals surface area contributed by atoms with Gasteiger partial charge in [0.1, 0.15) is 17.5 Å². The van der Waals surface area contributed by atoms with Gasteiger partial charge in [-0.25, -0.2) is 18.6 Å². The first-order chi connectivity index (χ1) is 12.4. The second-order valence-corrected chi connectivity index (χ2v) is 6.58. The summed E-state index contributed by atoms with van der Waals surface area (Å²) in [5.41, 5.74) is -0.00712. The Bertz CT molecular complexity index is 1070. The number of aromatic nitrogens is 2. The molecule has 134 valence electrons. The van der Waals surface area contributed by atoms with E-state index < -0.39 is 23.3 Å². The summed E-state index contributed by atoms with van der Waals surface area (Å²) in [6.07, 6.45) is -1.11. The molecule has 0 saturated heterocycles. The van der Waals surface area contributed by atoms with Gasteiger partial charge < -0.3 is 10.4 Å². The van der Waals surface area contributed by atoms with Gasteiger partial charge in [-0.3, -0.25) is 9.36 Å². The number of rotatable bonds is 4. The first kappa shape index (κ1) is 18.2. The van der Waals surface area contributed by atoms with E-state index in [0.29, 0.717) is 9.09 Å². The van der Waals surface area contributed by atoms with Gasteiger partial charge in [-0.2, -0.15) is 0 Å². The average Bonchev–Trinajstić information content (AvgIpc) is 2.56. The summed E-state index contributed by atoms with van der Waals surface area (Å²) in [5, 5.41) is 11.0. The molecule has 0 aliphatic carbocycles. The lowest BCUT2D eigenvalue weighted by Gasteiger charge is -2.14. The normalized spacial score (nSPS) is 10.9. The van der Waals surface area contributed by atoms with Crippen LogP contribution in [0.5, 0.6) is 0 Å². The number of nitrogens with one attached hydrogen (secondary N) is 1. The lowest BCUT2D eigenvalue weighted by atomic mass is 10.2. The quantitative estimate of drug-likeness (QED) is 0.574. The molecule has 6 nitrogen and oxygen atoms in total. The molecule has 9 heteroatoms. The second kappa shape index (κ2) is 7.36. The van der Waals surface area contributed by atoms with Crippen molar-refractivity contribution in [1.82, 2.24) is 14.9 Å². The van der Waals surface area contributed by atoms with Crippen LogP contribution in [0.1, 0.15) is 5.82 Å². The van der Waals surface area contributed by atoms with Crippen molar-refractivity contribution in [3.8, 4) is 5.69 Å².